The van der Waals surface area contributed by atoms with Crippen LogP contribution in [0, 0.1) is 6.92 Å². The van der Waals surface area contributed by atoms with Gasteiger partial charge in [-0.15, -0.1) is 12.4 Å². The minimum absolute atomic E-state index is 0. The van der Waals surface area contributed by atoms with Crippen molar-refractivity contribution in [1.82, 2.24) is 35.1 Å². The number of methoxy groups -OCH3 is 1. The van der Waals surface area contributed by atoms with Crippen molar-refractivity contribution in [2.45, 2.75) is 13.5 Å². The molecule has 1 aliphatic rings. The number of rotatable bonds is 6. The molecular formula is C23H27ClN8O. The van der Waals surface area contributed by atoms with Crippen LogP contribution in [0.2, 0.25) is 0 Å². The van der Waals surface area contributed by atoms with Gasteiger partial charge >= 0.3 is 0 Å². The molecule has 0 saturated carbocycles. The summed E-state index contributed by atoms with van der Waals surface area (Å²) in [6.07, 6.45) is 1.84. The number of nitrogens with zero attached hydrogens (tertiary/aromatic N) is 5. The SMILES string of the molecule is COc1cc(-c2ccc3nc(Nc4cc(CN5CCNCC5)ccn4)[nH]c3c2)nc(C)n1.Cl. The van der Waals surface area contributed by atoms with Crippen LogP contribution in [0.1, 0.15) is 11.4 Å². The van der Waals surface area contributed by atoms with Gasteiger partial charge in [0.15, 0.2) is 0 Å². The number of halogens is 1. The van der Waals surface area contributed by atoms with Crippen molar-refractivity contribution < 1.29 is 4.74 Å². The number of aryl methyl sites for hydroxylation is 1. The Kier molecular flexibility index (Phi) is 7.02. The van der Waals surface area contributed by atoms with Crippen molar-refractivity contribution in [3.63, 3.8) is 0 Å². The molecule has 1 aromatic carbocycles. The lowest BCUT2D eigenvalue weighted by atomic mass is 10.1. The van der Waals surface area contributed by atoms with Gasteiger partial charge in [-0.25, -0.2) is 15.0 Å². The molecule has 1 fully saturated rings. The van der Waals surface area contributed by atoms with Gasteiger partial charge in [-0.3, -0.25) is 4.90 Å². The van der Waals surface area contributed by atoms with Crippen LogP contribution in [0.3, 0.4) is 0 Å². The predicted octanol–water partition coefficient (Wildman–Crippen LogP) is 3.30. The molecule has 10 heteroatoms. The van der Waals surface area contributed by atoms with Crippen molar-refractivity contribution in [3.05, 3.63) is 54.0 Å². The van der Waals surface area contributed by atoms with E-state index in [9.17, 15) is 0 Å². The van der Waals surface area contributed by atoms with Crippen LogP contribution in [-0.4, -0.2) is 63.1 Å². The molecule has 1 saturated heterocycles. The maximum absolute atomic E-state index is 5.28. The number of aromatic amines is 1. The van der Waals surface area contributed by atoms with Gasteiger partial charge in [-0.1, -0.05) is 6.07 Å². The molecule has 0 unspecified atom stereocenters. The average Bonchev–Trinajstić information content (AvgIpc) is 3.21. The first kappa shape index (κ1) is 22.9. The molecule has 4 aromatic rings. The Balaban J connectivity index is 0.00000259. The number of fused-ring (bicyclic) bond motifs is 1. The first-order valence-electron chi connectivity index (χ1n) is 10.7. The Bertz CT molecular complexity index is 1240. The summed E-state index contributed by atoms with van der Waals surface area (Å²) < 4.78 is 5.28. The Morgan fingerprint density at radius 1 is 1.06 bits per heavy atom. The minimum Gasteiger partial charge on any atom is -0.481 e. The number of nitrogens with one attached hydrogen (secondary N) is 3. The zero-order chi connectivity index (χ0) is 21.9. The minimum atomic E-state index is 0. The van der Waals surface area contributed by atoms with Crippen molar-refractivity contribution in [2.75, 3.05) is 38.6 Å². The van der Waals surface area contributed by atoms with Crippen LogP contribution in [-0.2, 0) is 6.54 Å². The summed E-state index contributed by atoms with van der Waals surface area (Å²) in [4.78, 5) is 23.7. The Hall–Kier alpha value is -3.27. The van der Waals surface area contributed by atoms with Crippen LogP contribution in [0.4, 0.5) is 11.8 Å². The molecule has 0 bridgehead atoms. The van der Waals surface area contributed by atoms with Crippen molar-refractivity contribution in [2.24, 2.45) is 0 Å². The van der Waals surface area contributed by atoms with Crippen molar-refractivity contribution >= 4 is 35.2 Å². The quantitative estimate of drug-likeness (QED) is 0.397. The van der Waals surface area contributed by atoms with E-state index in [0.717, 1.165) is 60.8 Å². The number of aromatic nitrogens is 5. The summed E-state index contributed by atoms with van der Waals surface area (Å²) >= 11 is 0. The molecular weight excluding hydrogens is 440 g/mol. The number of anilines is 2. The zero-order valence-electron chi connectivity index (χ0n) is 18.6. The van der Waals surface area contributed by atoms with Gasteiger partial charge in [0.05, 0.1) is 23.8 Å². The molecule has 9 nitrogen and oxygen atoms in total. The van der Waals surface area contributed by atoms with E-state index in [-0.39, 0.29) is 12.4 Å². The number of imidazole rings is 1. The van der Waals surface area contributed by atoms with Crippen LogP contribution in [0.25, 0.3) is 22.3 Å². The number of pyridine rings is 1. The summed E-state index contributed by atoms with van der Waals surface area (Å²) in [5, 5.41) is 6.69. The number of piperazine rings is 1. The molecule has 3 aromatic heterocycles. The summed E-state index contributed by atoms with van der Waals surface area (Å²) in [6.45, 7) is 6.98. The molecule has 4 heterocycles. The highest BCUT2D eigenvalue weighted by molar-refractivity contribution is 5.85. The third-order valence-electron chi connectivity index (χ3n) is 5.49. The maximum Gasteiger partial charge on any atom is 0.216 e. The number of H-pyrrole nitrogens is 1. The van der Waals surface area contributed by atoms with E-state index < -0.39 is 0 Å². The van der Waals surface area contributed by atoms with Gasteiger partial charge in [0.1, 0.15) is 11.6 Å². The van der Waals surface area contributed by atoms with E-state index >= 15 is 0 Å². The molecule has 0 amide bonds. The molecule has 33 heavy (non-hydrogen) atoms. The Labute approximate surface area is 198 Å². The molecule has 0 aliphatic carbocycles. The molecule has 1 aliphatic heterocycles. The second-order valence-corrected chi connectivity index (χ2v) is 7.86. The predicted molar refractivity (Wildman–Crippen MR) is 131 cm³/mol. The van der Waals surface area contributed by atoms with Crippen LogP contribution >= 0.6 is 12.4 Å². The van der Waals surface area contributed by atoms with Gasteiger partial charge in [0, 0.05) is 50.6 Å². The van der Waals surface area contributed by atoms with Gasteiger partial charge in [0.25, 0.3) is 0 Å². The smallest absolute Gasteiger partial charge is 0.216 e. The average molecular weight is 467 g/mol. The molecule has 5 rings (SSSR count). The standard InChI is InChI=1S/C23H26N8O.ClH/c1-15-26-19(13-22(27-15)32-2)17-3-4-18-20(12-17)29-23(28-18)30-21-11-16(5-6-25-21)14-31-9-7-24-8-10-31;/h3-6,11-13,24H,7-10,14H2,1-2H3,(H2,25,28,29,30);1H. The highest BCUT2D eigenvalue weighted by Crippen LogP contribution is 2.26. The first-order valence-corrected chi connectivity index (χ1v) is 10.7. The number of hydrogen-bond acceptors (Lipinski definition) is 8. The van der Waals surface area contributed by atoms with E-state index in [1.807, 2.05) is 37.4 Å². The molecule has 3 N–H and O–H groups in total. The maximum atomic E-state index is 5.28. The topological polar surface area (TPSA) is 104 Å². The number of hydrogen-bond donors (Lipinski definition) is 3. The molecule has 0 radical (unpaired) electrons. The van der Waals surface area contributed by atoms with Gasteiger partial charge in [-0.05, 0) is 36.8 Å². The Morgan fingerprint density at radius 2 is 1.91 bits per heavy atom. The third kappa shape index (κ3) is 5.39. The first-order chi connectivity index (χ1) is 15.7. The van der Waals surface area contributed by atoms with E-state index in [4.69, 9.17) is 4.74 Å². The fourth-order valence-corrected chi connectivity index (χ4v) is 3.91. The highest BCUT2D eigenvalue weighted by Gasteiger charge is 2.12. The van der Waals surface area contributed by atoms with Crippen LogP contribution in [0.15, 0.2) is 42.6 Å². The summed E-state index contributed by atoms with van der Waals surface area (Å²) in [7, 11) is 1.61. The summed E-state index contributed by atoms with van der Waals surface area (Å²) in [5.74, 6) is 2.64. The second-order valence-electron chi connectivity index (χ2n) is 7.86. The van der Waals surface area contributed by atoms with Crippen molar-refractivity contribution in [3.8, 4) is 17.1 Å². The normalized spacial score (nSPS) is 14.1. The van der Waals surface area contributed by atoms with Gasteiger partial charge in [-0.2, -0.15) is 4.98 Å². The molecule has 0 atom stereocenters. The lowest BCUT2D eigenvalue weighted by Crippen LogP contribution is -2.42. The zero-order valence-corrected chi connectivity index (χ0v) is 19.4. The summed E-state index contributed by atoms with van der Waals surface area (Å²) in [6, 6.07) is 12.0. The van der Waals surface area contributed by atoms with E-state index in [1.54, 1.807) is 7.11 Å². The summed E-state index contributed by atoms with van der Waals surface area (Å²) in [5.41, 5.74) is 4.79. The van der Waals surface area contributed by atoms with Gasteiger partial charge < -0.3 is 20.4 Å². The molecule has 0 spiro atoms. The monoisotopic (exact) mass is 466 g/mol. The highest BCUT2D eigenvalue weighted by atomic mass is 35.5. The van der Waals surface area contributed by atoms with Crippen LogP contribution < -0.4 is 15.4 Å². The largest absolute Gasteiger partial charge is 0.481 e. The van der Waals surface area contributed by atoms with E-state index in [2.05, 4.69) is 52.6 Å². The fourth-order valence-electron chi connectivity index (χ4n) is 3.91. The Morgan fingerprint density at radius 3 is 2.73 bits per heavy atom. The lowest BCUT2D eigenvalue weighted by molar-refractivity contribution is 0.233. The van der Waals surface area contributed by atoms with E-state index in [1.165, 1.54) is 5.56 Å². The lowest BCUT2D eigenvalue weighted by Gasteiger charge is -2.27. The molecule has 172 valence electrons. The van der Waals surface area contributed by atoms with Crippen LogP contribution in [0.5, 0.6) is 5.88 Å². The number of ether oxygens (including phenoxy) is 1. The third-order valence-corrected chi connectivity index (χ3v) is 5.49. The van der Waals surface area contributed by atoms with Gasteiger partial charge in [0.2, 0.25) is 11.8 Å². The number of benzene rings is 1. The fraction of sp³-hybridized carbons (Fsp3) is 0.304. The van der Waals surface area contributed by atoms with E-state index in [0.29, 0.717) is 17.7 Å². The van der Waals surface area contributed by atoms with Crippen molar-refractivity contribution in [1.29, 1.82) is 0 Å². The second kappa shape index (κ2) is 10.1.